The van der Waals surface area contributed by atoms with Crippen LogP contribution in [0.5, 0.6) is 0 Å². The van der Waals surface area contributed by atoms with E-state index in [-0.39, 0.29) is 70.0 Å². The summed E-state index contributed by atoms with van der Waals surface area (Å²) in [4.78, 5) is 149. The van der Waals surface area contributed by atoms with Gasteiger partial charge in [-0.2, -0.15) is 0 Å². The molecule has 31 nitrogen and oxygen atoms in total. The van der Waals surface area contributed by atoms with Crippen molar-refractivity contribution in [3.05, 3.63) is 35.9 Å². The molecule has 3 rings (SSSR count). The molecule has 0 spiro atoms. The summed E-state index contributed by atoms with van der Waals surface area (Å²) in [5.74, 6) is -8.38. The van der Waals surface area contributed by atoms with Crippen molar-refractivity contribution >= 4 is 65.0 Å². The molecule has 0 unspecified atom stereocenters. The Morgan fingerprint density at radius 3 is 1.80 bits per heavy atom. The number of rotatable bonds is 38. The molecule has 82 heavy (non-hydrogen) atoms. The molecule has 0 radical (unpaired) electrons. The smallest absolute Gasteiger partial charge is 0.281 e. The molecule has 11 amide bonds. The van der Waals surface area contributed by atoms with Crippen LogP contribution in [-0.4, -0.2) is 193 Å². The summed E-state index contributed by atoms with van der Waals surface area (Å²) in [6, 6.07) is -1.09. The van der Waals surface area contributed by atoms with E-state index < -0.39 is 146 Å². The van der Waals surface area contributed by atoms with Gasteiger partial charge in [0.2, 0.25) is 53.2 Å². The maximum atomic E-state index is 14.3. The Kier molecular flexibility index (Phi) is 30.2. The number of benzene rings is 1. The number of nitrogens with zero attached hydrogens (tertiary/aromatic N) is 2. The second-order valence-electron chi connectivity index (χ2n) is 21.2. The number of hydrogen-bond acceptors (Lipinski definition) is 18. The van der Waals surface area contributed by atoms with Gasteiger partial charge >= 0.3 is 0 Å². The molecule has 2 fully saturated rings. The third-order valence-electron chi connectivity index (χ3n) is 13.9. The first-order chi connectivity index (χ1) is 38.8. The molecule has 9 atom stereocenters. The molecule has 31 heteroatoms. The zero-order valence-corrected chi connectivity index (χ0v) is 47.1. The summed E-state index contributed by atoms with van der Waals surface area (Å²) >= 11 is 0. The normalized spacial score (nSPS) is 17.7. The molecule has 2 saturated heterocycles. The van der Waals surface area contributed by atoms with Crippen LogP contribution in [0.1, 0.15) is 96.5 Å². The highest BCUT2D eigenvalue weighted by Gasteiger charge is 2.40. The quantitative estimate of drug-likeness (QED) is 0.0216. The highest BCUT2D eigenvalue weighted by atomic mass is 16.3. The predicted octanol–water partition coefficient (Wildman–Crippen LogP) is -9.90. The lowest BCUT2D eigenvalue weighted by Crippen LogP contribution is -2.95. The van der Waals surface area contributed by atoms with Crippen LogP contribution in [0.25, 0.3) is 0 Å². The number of carbonyl (C=O) groups excluding carboxylic acids is 11. The fourth-order valence-corrected chi connectivity index (χ4v) is 9.69. The Bertz CT molecular complexity index is 2300. The van der Waals surface area contributed by atoms with E-state index in [0.29, 0.717) is 51.6 Å². The Morgan fingerprint density at radius 2 is 1.23 bits per heavy atom. The van der Waals surface area contributed by atoms with Gasteiger partial charge in [0.25, 0.3) is 11.8 Å². The molecule has 2 aliphatic rings. The SMILES string of the molecule is CC(C)C[C@H]([NH2+]C[C@H](Cc1ccccc1)NC(=O)[C@H](CC(N)=O)NC(=O)CNC(=O)[C@@H]1CCCN1C(=O)[C@@H]([NH3+])CCCNC(N)N)C(=O)N[C@@H](CCC(N)=O)C(=O)N[C@@H](CO)C(=O)N[C@@H](CCCNC(N)N)C(=O)N1CCC[C@H]1C(N)=O. The molecular weight excluding hydrogens is 1070 g/mol. The van der Waals surface area contributed by atoms with Crippen molar-refractivity contribution in [2.24, 2.45) is 46.1 Å². The van der Waals surface area contributed by atoms with Crippen molar-refractivity contribution in [2.45, 2.75) is 164 Å². The van der Waals surface area contributed by atoms with Crippen molar-refractivity contribution in [3.8, 4) is 0 Å². The van der Waals surface area contributed by atoms with Crippen LogP contribution in [-0.2, 0) is 59.2 Å². The largest absolute Gasteiger partial charge is 0.394 e. The second kappa shape index (κ2) is 35.8. The monoisotopic (exact) mass is 1160 g/mol. The summed E-state index contributed by atoms with van der Waals surface area (Å²) in [5.41, 5.74) is 43.5. The molecule has 0 aromatic heterocycles. The van der Waals surface area contributed by atoms with E-state index in [0.717, 1.165) is 5.56 Å². The van der Waals surface area contributed by atoms with Gasteiger partial charge in [-0.15, -0.1) is 0 Å². The number of nitrogens with two attached hydrogens (primary N) is 8. The van der Waals surface area contributed by atoms with Crippen LogP contribution >= 0.6 is 0 Å². The Morgan fingerprint density at radius 1 is 0.671 bits per heavy atom. The van der Waals surface area contributed by atoms with Crippen LogP contribution in [0.3, 0.4) is 0 Å². The minimum Gasteiger partial charge on any atom is -0.394 e. The van der Waals surface area contributed by atoms with Crippen molar-refractivity contribution < 1.29 is 68.9 Å². The first kappa shape index (κ1) is 69.3. The van der Waals surface area contributed by atoms with E-state index in [1.165, 1.54) is 9.80 Å². The molecule has 28 N–H and O–H groups in total. The highest BCUT2D eigenvalue weighted by molar-refractivity contribution is 5.97. The lowest BCUT2D eigenvalue weighted by molar-refractivity contribution is -0.679. The van der Waals surface area contributed by atoms with Crippen molar-refractivity contribution in [3.63, 3.8) is 0 Å². The van der Waals surface area contributed by atoms with Gasteiger partial charge in [-0.25, -0.2) is 0 Å². The van der Waals surface area contributed by atoms with Crippen molar-refractivity contribution in [1.82, 2.24) is 52.3 Å². The molecule has 1 aromatic rings. The van der Waals surface area contributed by atoms with Gasteiger partial charge in [-0.3, -0.25) is 63.4 Å². The van der Waals surface area contributed by atoms with E-state index in [4.69, 9.17) is 40.1 Å². The first-order valence-corrected chi connectivity index (χ1v) is 27.9. The van der Waals surface area contributed by atoms with Gasteiger partial charge in [0.05, 0.1) is 32.2 Å². The highest BCUT2D eigenvalue weighted by Crippen LogP contribution is 2.21. The van der Waals surface area contributed by atoms with Crippen LogP contribution in [0, 0.1) is 5.92 Å². The zero-order chi connectivity index (χ0) is 61.1. The molecule has 460 valence electrons. The number of primary amides is 3. The lowest BCUT2D eigenvalue weighted by atomic mass is 10.0. The third-order valence-corrected chi connectivity index (χ3v) is 13.9. The molecule has 0 bridgehead atoms. The predicted molar refractivity (Wildman–Crippen MR) is 296 cm³/mol. The van der Waals surface area contributed by atoms with Gasteiger partial charge in [-0.1, -0.05) is 44.2 Å². The standard InChI is InChI=1S/C51H89N19O12/c1-28(2)22-34(44(77)66-32(16-17-39(53)72)43(76)68-36(27-71)46(79)67-33(13-7-19-61-51(58)59)49(82)69-20-8-14-37(69)42(55)75)62-25-30(23-29-10-4-3-5-11-29)64-45(78)35(24-40(54)73)65-41(74)26-63-47(80)38-15-9-21-70(38)48(81)31(52)12-6-18-60-50(56)57/h3-5,10-11,28,30-38,50-51,60-62,71H,6-9,12-27,52,56-59H2,1-2H3,(H2,53,72)(H2,54,73)(H2,55,75)(H,63,80)(H,64,78)(H,65,74)(H,66,77)(H,67,79)(H,68,76)/p+2/t30-,31-,32-,33-,34-,35-,36-,37-,38-/m0/s1. The average Bonchev–Trinajstić information content (AvgIpc) is 4.15. The topological polar surface area (TPSA) is 537 Å². The molecule has 0 aliphatic carbocycles. The van der Waals surface area contributed by atoms with Crippen LogP contribution in [0.15, 0.2) is 30.3 Å². The Balaban J connectivity index is 1.76. The first-order valence-electron chi connectivity index (χ1n) is 27.9. The van der Waals surface area contributed by atoms with Gasteiger partial charge in [-0.05, 0) is 82.4 Å². The van der Waals surface area contributed by atoms with E-state index in [1.807, 2.05) is 13.8 Å². The van der Waals surface area contributed by atoms with E-state index in [9.17, 15) is 57.8 Å². The number of aliphatic hydroxyl groups is 1. The van der Waals surface area contributed by atoms with Gasteiger partial charge < -0.3 is 98.0 Å². The Labute approximate surface area is 477 Å². The minimum atomic E-state index is -1.67. The number of aliphatic hydroxyl groups excluding tert-OH is 1. The van der Waals surface area contributed by atoms with Crippen LogP contribution in [0.2, 0.25) is 0 Å². The zero-order valence-electron chi connectivity index (χ0n) is 47.1. The number of amides is 11. The van der Waals surface area contributed by atoms with Crippen LogP contribution in [0.4, 0.5) is 0 Å². The fraction of sp³-hybridized carbons (Fsp3) is 0.667. The van der Waals surface area contributed by atoms with Crippen LogP contribution < -0.4 is 93.7 Å². The molecule has 1 aromatic carbocycles. The summed E-state index contributed by atoms with van der Waals surface area (Å²) in [6.07, 6.45) is 0.486. The number of hydrogen-bond donors (Lipinski definition) is 18. The van der Waals surface area contributed by atoms with Crippen molar-refractivity contribution in [1.29, 1.82) is 0 Å². The lowest BCUT2D eigenvalue weighted by Gasteiger charge is -2.29. The van der Waals surface area contributed by atoms with E-state index >= 15 is 0 Å². The van der Waals surface area contributed by atoms with E-state index in [1.54, 1.807) is 35.6 Å². The second-order valence-corrected chi connectivity index (χ2v) is 21.2. The molecular formula is C51H91N19O12+2. The van der Waals surface area contributed by atoms with E-state index in [2.05, 4.69) is 48.3 Å². The average molecular weight is 1160 g/mol. The van der Waals surface area contributed by atoms with Gasteiger partial charge in [0.1, 0.15) is 48.8 Å². The fourth-order valence-electron chi connectivity index (χ4n) is 9.69. The number of nitrogens with one attached hydrogen (secondary N) is 8. The maximum Gasteiger partial charge on any atom is 0.281 e. The number of likely N-dealkylation sites (tertiary alicyclic amines) is 2. The third kappa shape index (κ3) is 24.6. The van der Waals surface area contributed by atoms with Gasteiger partial charge in [0, 0.05) is 32.4 Å². The Hall–Kier alpha value is -6.97. The summed E-state index contributed by atoms with van der Waals surface area (Å²) in [5, 5.41) is 33.2. The number of quaternary nitrogens is 2. The summed E-state index contributed by atoms with van der Waals surface area (Å²) in [6.45, 7) is 3.37. The summed E-state index contributed by atoms with van der Waals surface area (Å²) < 4.78 is 0. The minimum absolute atomic E-state index is 0.0136. The summed E-state index contributed by atoms with van der Waals surface area (Å²) in [7, 11) is 0. The van der Waals surface area contributed by atoms with Gasteiger partial charge in [0.15, 0.2) is 12.1 Å². The molecule has 0 saturated carbocycles. The molecule has 2 aliphatic heterocycles. The molecule has 2 heterocycles. The maximum absolute atomic E-state index is 14.3. The number of carbonyl (C=O) groups is 11. The van der Waals surface area contributed by atoms with Crippen molar-refractivity contribution in [2.75, 3.05) is 45.9 Å².